The second-order valence-electron chi connectivity index (χ2n) is 16.0. The van der Waals surface area contributed by atoms with E-state index in [1.165, 1.54) is 43.4 Å². The lowest BCUT2D eigenvalue weighted by molar-refractivity contribution is 1.07. The van der Waals surface area contributed by atoms with Gasteiger partial charge in [0.05, 0.1) is 27.8 Å². The molecular formula is C57H35N5. The van der Waals surface area contributed by atoms with Gasteiger partial charge in [-0.25, -0.2) is 15.0 Å². The first-order chi connectivity index (χ1) is 30.7. The van der Waals surface area contributed by atoms with Crippen LogP contribution in [0.2, 0.25) is 0 Å². The maximum Gasteiger partial charge on any atom is 0.166 e. The van der Waals surface area contributed by atoms with Crippen LogP contribution in [0.5, 0.6) is 0 Å². The van der Waals surface area contributed by atoms with Gasteiger partial charge in [0.25, 0.3) is 0 Å². The zero-order valence-corrected chi connectivity index (χ0v) is 33.4. The van der Waals surface area contributed by atoms with Crippen molar-refractivity contribution < 1.29 is 0 Å². The van der Waals surface area contributed by atoms with Gasteiger partial charge in [0, 0.05) is 49.3 Å². The second-order valence-corrected chi connectivity index (χ2v) is 16.0. The van der Waals surface area contributed by atoms with E-state index in [0.717, 1.165) is 60.6 Å². The Morgan fingerprint density at radius 3 is 1.63 bits per heavy atom. The maximum absolute atomic E-state index is 5.45. The minimum atomic E-state index is 0.617. The van der Waals surface area contributed by atoms with Crippen LogP contribution in [0.15, 0.2) is 212 Å². The van der Waals surface area contributed by atoms with Crippen molar-refractivity contribution in [3.8, 4) is 45.5 Å². The largest absolute Gasteiger partial charge is 0.309 e. The Labute approximate surface area is 356 Å². The van der Waals surface area contributed by atoms with Crippen molar-refractivity contribution in [2.75, 3.05) is 0 Å². The molecule has 3 heterocycles. The first-order valence-electron chi connectivity index (χ1n) is 21.0. The molecule has 10 aromatic carbocycles. The molecule has 3 aromatic heterocycles. The fourth-order valence-corrected chi connectivity index (χ4v) is 9.71. The molecule has 13 aromatic rings. The van der Waals surface area contributed by atoms with Gasteiger partial charge in [0.1, 0.15) is 0 Å². The first kappa shape index (κ1) is 34.5. The summed E-state index contributed by atoms with van der Waals surface area (Å²) in [6.45, 7) is 0. The molecule has 0 spiro atoms. The molecule has 0 bridgehead atoms. The molecule has 0 saturated heterocycles. The second kappa shape index (κ2) is 13.6. The minimum Gasteiger partial charge on any atom is -0.309 e. The summed E-state index contributed by atoms with van der Waals surface area (Å²) >= 11 is 0. The fourth-order valence-electron chi connectivity index (χ4n) is 9.71. The van der Waals surface area contributed by atoms with E-state index < -0.39 is 0 Å². The van der Waals surface area contributed by atoms with E-state index in [9.17, 15) is 0 Å². The van der Waals surface area contributed by atoms with Gasteiger partial charge < -0.3 is 9.13 Å². The number of nitrogens with zero attached hydrogens (tertiary/aromatic N) is 5. The fraction of sp³-hybridized carbons (Fsp3) is 0. The summed E-state index contributed by atoms with van der Waals surface area (Å²) in [7, 11) is 0. The van der Waals surface area contributed by atoms with Gasteiger partial charge in [0.15, 0.2) is 17.5 Å². The maximum atomic E-state index is 5.45. The molecule has 62 heavy (non-hydrogen) atoms. The van der Waals surface area contributed by atoms with Crippen molar-refractivity contribution >= 4 is 75.9 Å². The number of benzene rings is 10. The summed E-state index contributed by atoms with van der Waals surface area (Å²) in [6, 6.07) is 75.7. The molecule has 0 radical (unpaired) electrons. The van der Waals surface area contributed by atoms with Crippen LogP contribution in [0.1, 0.15) is 0 Å². The summed E-state index contributed by atoms with van der Waals surface area (Å²) in [5.41, 5.74) is 9.52. The van der Waals surface area contributed by atoms with Gasteiger partial charge in [-0.3, -0.25) is 0 Å². The highest BCUT2D eigenvalue weighted by atomic mass is 15.1. The predicted octanol–water partition coefficient (Wildman–Crippen LogP) is 14.5. The van der Waals surface area contributed by atoms with Crippen molar-refractivity contribution in [1.29, 1.82) is 0 Å². The molecule has 0 aliphatic carbocycles. The molecule has 5 nitrogen and oxygen atoms in total. The Morgan fingerprint density at radius 2 is 0.855 bits per heavy atom. The smallest absolute Gasteiger partial charge is 0.166 e. The predicted molar refractivity (Wildman–Crippen MR) is 257 cm³/mol. The van der Waals surface area contributed by atoms with Gasteiger partial charge in [-0.15, -0.1) is 0 Å². The Morgan fingerprint density at radius 1 is 0.290 bits per heavy atom. The third kappa shape index (κ3) is 5.25. The monoisotopic (exact) mass is 789 g/mol. The van der Waals surface area contributed by atoms with Crippen molar-refractivity contribution in [2.45, 2.75) is 0 Å². The summed E-state index contributed by atoms with van der Waals surface area (Å²) < 4.78 is 4.77. The molecule has 5 heteroatoms. The van der Waals surface area contributed by atoms with Gasteiger partial charge >= 0.3 is 0 Å². The van der Waals surface area contributed by atoms with E-state index in [0.29, 0.717) is 17.5 Å². The molecule has 0 amide bonds. The van der Waals surface area contributed by atoms with E-state index in [4.69, 9.17) is 15.0 Å². The minimum absolute atomic E-state index is 0.617. The van der Waals surface area contributed by atoms with Crippen LogP contribution in [0.3, 0.4) is 0 Å². The van der Waals surface area contributed by atoms with Crippen LogP contribution in [0.25, 0.3) is 121 Å². The molecule has 13 rings (SSSR count). The van der Waals surface area contributed by atoms with Crippen LogP contribution in [-0.2, 0) is 0 Å². The topological polar surface area (TPSA) is 48.5 Å². The van der Waals surface area contributed by atoms with Gasteiger partial charge in [-0.2, -0.15) is 0 Å². The molecule has 0 aliphatic rings. The van der Waals surface area contributed by atoms with E-state index in [-0.39, 0.29) is 0 Å². The zero-order chi connectivity index (χ0) is 40.7. The highest BCUT2D eigenvalue weighted by Crippen LogP contribution is 2.41. The van der Waals surface area contributed by atoms with Gasteiger partial charge in [0.2, 0.25) is 0 Å². The van der Waals surface area contributed by atoms with Crippen molar-refractivity contribution in [1.82, 2.24) is 24.1 Å². The molecule has 0 fully saturated rings. The first-order valence-corrected chi connectivity index (χ1v) is 21.0. The van der Waals surface area contributed by atoms with Crippen LogP contribution in [0, 0.1) is 0 Å². The molecule has 0 N–H and O–H groups in total. The molecule has 0 atom stereocenters. The quantitative estimate of drug-likeness (QED) is 0.174. The molecule has 288 valence electrons. The van der Waals surface area contributed by atoms with Gasteiger partial charge in [-0.05, 0) is 87.6 Å². The Kier molecular flexibility index (Phi) is 7.54. The Balaban J connectivity index is 1.09. The van der Waals surface area contributed by atoms with E-state index >= 15 is 0 Å². The van der Waals surface area contributed by atoms with E-state index in [1.54, 1.807) is 0 Å². The summed E-state index contributed by atoms with van der Waals surface area (Å²) in [6.07, 6.45) is 0. The SMILES string of the molecule is c1ccc(-n2c3ccccc3c3cccc(-c4nc(-c5ccc6ccccc6c5)nc(-c5ccc(-n6c7ccccc7c7cc8ccccc8cc76)c6ccccc56)n4)c32)cc1. The average molecular weight is 790 g/mol. The highest BCUT2D eigenvalue weighted by molar-refractivity contribution is 6.16. The summed E-state index contributed by atoms with van der Waals surface area (Å²) in [4.78, 5) is 16.2. The lowest BCUT2D eigenvalue weighted by atomic mass is 10.0. The third-order valence-electron chi connectivity index (χ3n) is 12.5. The van der Waals surface area contributed by atoms with Crippen molar-refractivity contribution in [3.63, 3.8) is 0 Å². The van der Waals surface area contributed by atoms with Crippen LogP contribution < -0.4 is 0 Å². The van der Waals surface area contributed by atoms with Crippen molar-refractivity contribution in [2.24, 2.45) is 0 Å². The molecule has 0 saturated carbocycles. The number of fused-ring (bicyclic) bond motifs is 9. The molecule has 0 unspecified atom stereocenters. The highest BCUT2D eigenvalue weighted by Gasteiger charge is 2.22. The lowest BCUT2D eigenvalue weighted by Crippen LogP contribution is -2.03. The number of hydrogen-bond acceptors (Lipinski definition) is 3. The standard InChI is InChI=1S/C57H35N5/c1-2-19-41(20-3-1)61-50-27-12-10-23-44(50)46-25-14-26-48(54(46)61)57-59-55(40-30-29-36-15-4-5-16-37(36)33-40)58-56(60-57)47-31-32-52(43-22-9-8-21-42(43)47)62-51-28-13-11-24-45(51)49-34-38-17-6-7-18-39(38)35-53(49)62/h1-35H. The Hall–Kier alpha value is -8.41. The number of rotatable bonds is 5. The number of aromatic nitrogens is 5. The average Bonchev–Trinajstić information content (AvgIpc) is 3.85. The van der Waals surface area contributed by atoms with Crippen LogP contribution in [-0.4, -0.2) is 24.1 Å². The zero-order valence-electron chi connectivity index (χ0n) is 33.4. The Bertz CT molecular complexity index is 3930. The third-order valence-corrected chi connectivity index (χ3v) is 12.5. The molecular weight excluding hydrogens is 755 g/mol. The van der Waals surface area contributed by atoms with Crippen molar-refractivity contribution in [3.05, 3.63) is 212 Å². The van der Waals surface area contributed by atoms with E-state index in [2.05, 4.69) is 221 Å². The van der Waals surface area contributed by atoms with Crippen LogP contribution in [0.4, 0.5) is 0 Å². The molecule has 0 aliphatic heterocycles. The summed E-state index contributed by atoms with van der Waals surface area (Å²) in [5, 5.41) is 11.7. The van der Waals surface area contributed by atoms with Crippen LogP contribution >= 0.6 is 0 Å². The van der Waals surface area contributed by atoms with Gasteiger partial charge in [-0.1, -0.05) is 152 Å². The number of hydrogen-bond donors (Lipinski definition) is 0. The summed E-state index contributed by atoms with van der Waals surface area (Å²) in [5.74, 6) is 1.86. The lowest BCUT2D eigenvalue weighted by Gasteiger charge is -2.16. The normalized spacial score (nSPS) is 11.9. The van der Waals surface area contributed by atoms with E-state index in [1.807, 2.05) is 0 Å². The number of para-hydroxylation sites is 4.